The zero-order valence-electron chi connectivity index (χ0n) is 19.8. The number of pyridine rings is 2. The number of benzene rings is 1. The normalized spacial score (nSPS) is 14.5. The molecule has 1 fully saturated rings. The lowest BCUT2D eigenvalue weighted by Gasteiger charge is -2.37. The van der Waals surface area contributed by atoms with Crippen LogP contribution in [0.2, 0.25) is 0 Å². The summed E-state index contributed by atoms with van der Waals surface area (Å²) >= 11 is 0. The van der Waals surface area contributed by atoms with Crippen LogP contribution in [0.15, 0.2) is 83.7 Å². The molecule has 0 atom stereocenters. The summed E-state index contributed by atoms with van der Waals surface area (Å²) in [7, 11) is 0. The van der Waals surface area contributed by atoms with Crippen molar-refractivity contribution in [3.8, 4) is 11.3 Å². The van der Waals surface area contributed by atoms with Gasteiger partial charge in [-0.3, -0.25) is 19.7 Å². The minimum Gasteiger partial charge on any atom is -0.451 e. The number of halogens is 3. The molecule has 0 bridgehead atoms. The molecule has 1 aromatic carbocycles. The summed E-state index contributed by atoms with van der Waals surface area (Å²) in [6, 6.07) is 15.8. The second-order valence-electron chi connectivity index (χ2n) is 8.67. The molecule has 7 nitrogen and oxygen atoms in total. The van der Waals surface area contributed by atoms with Crippen LogP contribution >= 0.6 is 0 Å². The second kappa shape index (κ2) is 10.4. The van der Waals surface area contributed by atoms with E-state index in [2.05, 4.69) is 20.2 Å². The van der Waals surface area contributed by atoms with Crippen LogP contribution in [0, 0.1) is 0 Å². The zero-order valence-corrected chi connectivity index (χ0v) is 19.8. The fourth-order valence-corrected chi connectivity index (χ4v) is 4.26. The molecule has 190 valence electrons. The van der Waals surface area contributed by atoms with Gasteiger partial charge in [0.2, 0.25) is 0 Å². The Balaban J connectivity index is 1.34. The Labute approximate surface area is 211 Å². The Kier molecular flexibility index (Phi) is 6.91. The highest BCUT2D eigenvalue weighted by atomic mass is 19.4. The van der Waals surface area contributed by atoms with Crippen LogP contribution in [0.25, 0.3) is 11.3 Å². The zero-order chi connectivity index (χ0) is 25.8. The quantitative estimate of drug-likeness (QED) is 0.380. The number of hydrogen-bond acceptors (Lipinski definition) is 6. The maximum Gasteiger partial charge on any atom is 0.416 e. The number of amides is 1. The molecule has 5 rings (SSSR count). The van der Waals surface area contributed by atoms with Crippen molar-refractivity contribution >= 4 is 17.3 Å². The number of nitrogens with zero attached hydrogens (tertiary/aromatic N) is 4. The SMILES string of the molecule is O=C(Nc1cc(C(F)(F)F)ccc1N1CCN(Cc2ccccn2)CC1)c1ccc(-c2cccnc2)o1. The third-order valence-corrected chi connectivity index (χ3v) is 6.17. The molecule has 0 radical (unpaired) electrons. The van der Waals surface area contributed by atoms with Gasteiger partial charge in [-0.1, -0.05) is 6.07 Å². The molecule has 37 heavy (non-hydrogen) atoms. The lowest BCUT2D eigenvalue weighted by molar-refractivity contribution is -0.137. The predicted octanol–water partition coefficient (Wildman–Crippen LogP) is 5.33. The predicted molar refractivity (Wildman–Crippen MR) is 133 cm³/mol. The van der Waals surface area contributed by atoms with E-state index in [4.69, 9.17) is 4.42 Å². The Morgan fingerprint density at radius 2 is 1.81 bits per heavy atom. The number of anilines is 2. The fraction of sp³-hybridized carbons (Fsp3) is 0.222. The van der Waals surface area contributed by atoms with Crippen LogP contribution in [0.1, 0.15) is 21.8 Å². The molecule has 1 aliphatic rings. The molecule has 0 saturated carbocycles. The van der Waals surface area contributed by atoms with Gasteiger partial charge in [-0.05, 0) is 54.6 Å². The van der Waals surface area contributed by atoms with E-state index in [1.165, 1.54) is 12.1 Å². The van der Waals surface area contributed by atoms with Crippen molar-refractivity contribution in [3.05, 3.63) is 96.3 Å². The van der Waals surface area contributed by atoms with E-state index >= 15 is 0 Å². The number of piperazine rings is 1. The first-order chi connectivity index (χ1) is 17.9. The summed E-state index contributed by atoms with van der Waals surface area (Å²) in [6.07, 6.45) is 0.422. The van der Waals surface area contributed by atoms with Gasteiger partial charge in [-0.25, -0.2) is 0 Å². The molecule has 0 unspecified atom stereocenters. The molecule has 3 aromatic heterocycles. The number of nitrogens with one attached hydrogen (secondary N) is 1. The number of aromatic nitrogens is 2. The van der Waals surface area contributed by atoms with E-state index in [9.17, 15) is 18.0 Å². The Hall–Kier alpha value is -4.18. The summed E-state index contributed by atoms with van der Waals surface area (Å²) in [4.78, 5) is 25.6. The maximum absolute atomic E-state index is 13.5. The largest absolute Gasteiger partial charge is 0.451 e. The van der Waals surface area contributed by atoms with Crippen LogP contribution < -0.4 is 10.2 Å². The second-order valence-corrected chi connectivity index (χ2v) is 8.67. The number of carbonyl (C=O) groups is 1. The first-order valence-electron chi connectivity index (χ1n) is 11.8. The standard InChI is InChI=1S/C27H24F3N5O2/c28-27(29,30)20-6-7-23(35-14-12-34(13-15-35)18-21-5-1-2-11-32-21)22(16-20)33-26(36)25-9-8-24(37-25)19-4-3-10-31-17-19/h1-11,16-17H,12-15,18H2,(H,33,36). The third kappa shape index (κ3) is 5.80. The summed E-state index contributed by atoms with van der Waals surface area (Å²) in [5.41, 5.74) is 1.42. The minimum absolute atomic E-state index is 0.0117. The number of alkyl halides is 3. The third-order valence-electron chi connectivity index (χ3n) is 6.17. The molecular formula is C27H24F3N5O2. The van der Waals surface area contributed by atoms with Crippen LogP contribution in [0.3, 0.4) is 0 Å². The van der Waals surface area contributed by atoms with E-state index in [1.807, 2.05) is 23.1 Å². The first kappa shape index (κ1) is 24.5. The van der Waals surface area contributed by atoms with Gasteiger partial charge in [-0.15, -0.1) is 0 Å². The van der Waals surface area contributed by atoms with E-state index in [1.54, 1.807) is 36.8 Å². The van der Waals surface area contributed by atoms with Crippen molar-refractivity contribution < 1.29 is 22.4 Å². The maximum atomic E-state index is 13.5. The Morgan fingerprint density at radius 1 is 0.973 bits per heavy atom. The monoisotopic (exact) mass is 507 g/mol. The number of furan rings is 1. The molecule has 4 heterocycles. The van der Waals surface area contributed by atoms with E-state index in [-0.39, 0.29) is 11.4 Å². The number of rotatable bonds is 6. The number of hydrogen-bond donors (Lipinski definition) is 1. The molecule has 4 aromatic rings. The van der Waals surface area contributed by atoms with Crippen molar-refractivity contribution in [2.45, 2.75) is 12.7 Å². The van der Waals surface area contributed by atoms with Gasteiger partial charge < -0.3 is 14.6 Å². The van der Waals surface area contributed by atoms with E-state index in [0.717, 1.165) is 17.8 Å². The van der Waals surface area contributed by atoms with E-state index in [0.29, 0.717) is 49.7 Å². The van der Waals surface area contributed by atoms with Crippen molar-refractivity contribution in [2.75, 3.05) is 36.4 Å². The van der Waals surface area contributed by atoms with Crippen LogP contribution in [0.4, 0.5) is 24.5 Å². The van der Waals surface area contributed by atoms with Gasteiger partial charge in [0.05, 0.1) is 22.6 Å². The van der Waals surface area contributed by atoms with Gasteiger partial charge in [0.15, 0.2) is 5.76 Å². The highest BCUT2D eigenvalue weighted by Gasteiger charge is 2.32. The van der Waals surface area contributed by atoms with Gasteiger partial charge in [0, 0.05) is 56.9 Å². The van der Waals surface area contributed by atoms with Crippen LogP contribution in [-0.2, 0) is 12.7 Å². The van der Waals surface area contributed by atoms with E-state index < -0.39 is 17.6 Å². The summed E-state index contributed by atoms with van der Waals surface area (Å²) in [5, 5.41) is 2.64. The molecular weight excluding hydrogens is 483 g/mol. The summed E-state index contributed by atoms with van der Waals surface area (Å²) < 4.78 is 46.1. The van der Waals surface area contributed by atoms with Gasteiger partial charge >= 0.3 is 6.18 Å². The lowest BCUT2D eigenvalue weighted by atomic mass is 10.1. The highest BCUT2D eigenvalue weighted by molar-refractivity contribution is 6.04. The van der Waals surface area contributed by atoms with Gasteiger partial charge in [0.1, 0.15) is 5.76 Å². The molecule has 0 spiro atoms. The molecule has 1 N–H and O–H groups in total. The molecule has 10 heteroatoms. The first-order valence-corrected chi connectivity index (χ1v) is 11.8. The van der Waals surface area contributed by atoms with Gasteiger partial charge in [-0.2, -0.15) is 13.2 Å². The van der Waals surface area contributed by atoms with Crippen LogP contribution in [0.5, 0.6) is 0 Å². The molecule has 0 aliphatic carbocycles. The minimum atomic E-state index is -4.54. The van der Waals surface area contributed by atoms with Crippen LogP contribution in [-0.4, -0.2) is 47.0 Å². The van der Waals surface area contributed by atoms with Crippen molar-refractivity contribution in [1.29, 1.82) is 0 Å². The van der Waals surface area contributed by atoms with Crippen molar-refractivity contribution in [2.24, 2.45) is 0 Å². The Bertz CT molecular complexity index is 1350. The lowest BCUT2D eigenvalue weighted by Crippen LogP contribution is -2.46. The smallest absolute Gasteiger partial charge is 0.416 e. The average molecular weight is 508 g/mol. The number of carbonyl (C=O) groups excluding carboxylic acids is 1. The summed E-state index contributed by atoms with van der Waals surface area (Å²) in [6.45, 7) is 3.29. The van der Waals surface area contributed by atoms with Gasteiger partial charge in [0.25, 0.3) is 5.91 Å². The van der Waals surface area contributed by atoms with Crippen molar-refractivity contribution in [3.63, 3.8) is 0 Å². The average Bonchev–Trinajstić information content (AvgIpc) is 3.41. The van der Waals surface area contributed by atoms with Crippen molar-refractivity contribution in [1.82, 2.24) is 14.9 Å². The molecule has 1 aliphatic heterocycles. The Morgan fingerprint density at radius 3 is 2.51 bits per heavy atom. The molecule has 1 amide bonds. The topological polar surface area (TPSA) is 74.5 Å². The molecule has 1 saturated heterocycles. The highest BCUT2D eigenvalue weighted by Crippen LogP contribution is 2.36. The summed E-state index contributed by atoms with van der Waals surface area (Å²) in [5.74, 6) is -0.210. The fourth-order valence-electron chi connectivity index (χ4n) is 4.26.